The van der Waals surface area contributed by atoms with E-state index in [1.807, 2.05) is 6.08 Å². The number of carbonyl (C=O) groups is 1. The van der Waals surface area contributed by atoms with Crippen molar-refractivity contribution >= 4 is 5.78 Å². The van der Waals surface area contributed by atoms with Gasteiger partial charge in [-0.2, -0.15) is 0 Å². The Kier molecular flexibility index (Phi) is 12.8. The molecule has 188 valence electrons. The van der Waals surface area contributed by atoms with Gasteiger partial charge in [0.05, 0.1) is 5.56 Å². The minimum Gasteiger partial charge on any atom is -0.507 e. The summed E-state index contributed by atoms with van der Waals surface area (Å²) in [6.45, 7) is 16.7. The van der Waals surface area contributed by atoms with Crippen molar-refractivity contribution in [2.45, 2.75) is 120 Å². The number of Topliss-reactive ketones (excluding diaryl/α,β-unsaturated/α-hetero) is 1. The highest BCUT2D eigenvalue weighted by atomic mass is 16.3. The number of phenolic OH excluding ortho intramolecular Hbond substituents is 2. The van der Waals surface area contributed by atoms with Gasteiger partial charge in [-0.3, -0.25) is 4.79 Å². The minimum absolute atomic E-state index is 0.00178. The Balaban J connectivity index is 2.38. The largest absolute Gasteiger partial charge is 0.507 e. The lowest BCUT2D eigenvalue weighted by Crippen LogP contribution is -2.04. The molecule has 0 spiro atoms. The van der Waals surface area contributed by atoms with Crippen molar-refractivity contribution in [2.75, 3.05) is 0 Å². The second-order valence-corrected chi connectivity index (χ2v) is 11.0. The van der Waals surface area contributed by atoms with Crippen LogP contribution in [0.1, 0.15) is 126 Å². The molecule has 0 aromatic heterocycles. The number of rotatable bonds is 15. The normalized spacial score (nSPS) is 14.0. The molecule has 0 saturated carbocycles. The van der Waals surface area contributed by atoms with Gasteiger partial charge >= 0.3 is 0 Å². The Bertz CT molecular complexity index is 759. The molecule has 0 fully saturated rings. The second-order valence-electron chi connectivity index (χ2n) is 11.0. The van der Waals surface area contributed by atoms with Gasteiger partial charge in [0.1, 0.15) is 11.5 Å². The van der Waals surface area contributed by atoms with Crippen LogP contribution in [-0.2, 0) is 0 Å². The molecule has 0 aliphatic carbocycles. The highest BCUT2D eigenvalue weighted by molar-refractivity contribution is 6.02. The molecule has 1 aromatic rings. The smallest absolute Gasteiger partial charge is 0.170 e. The molecule has 0 heterocycles. The SMILES string of the molecule is C/C(=C\CC(=O)c1c(C)c(O)c(C)c(C)c1O)CCCC(C)CCCC(C)CCCC(C)C. The van der Waals surface area contributed by atoms with E-state index in [-0.39, 0.29) is 29.3 Å². The van der Waals surface area contributed by atoms with E-state index in [9.17, 15) is 15.0 Å². The van der Waals surface area contributed by atoms with Gasteiger partial charge in [-0.15, -0.1) is 0 Å². The molecule has 0 aliphatic rings. The molecule has 3 nitrogen and oxygen atoms in total. The van der Waals surface area contributed by atoms with E-state index < -0.39 is 0 Å². The Labute approximate surface area is 203 Å². The molecule has 33 heavy (non-hydrogen) atoms. The molecule has 3 heteroatoms. The van der Waals surface area contributed by atoms with Crippen molar-refractivity contribution in [1.82, 2.24) is 0 Å². The Morgan fingerprint density at radius 3 is 1.79 bits per heavy atom. The van der Waals surface area contributed by atoms with Crippen LogP contribution in [0.2, 0.25) is 0 Å². The Morgan fingerprint density at radius 1 is 0.758 bits per heavy atom. The number of benzene rings is 1. The molecular formula is C30H50O3. The maximum Gasteiger partial charge on any atom is 0.170 e. The first-order valence-corrected chi connectivity index (χ1v) is 13.2. The fraction of sp³-hybridized carbons (Fsp3) is 0.700. The predicted octanol–water partition coefficient (Wildman–Crippen LogP) is 8.98. The van der Waals surface area contributed by atoms with Crippen molar-refractivity contribution in [3.05, 3.63) is 33.9 Å². The van der Waals surface area contributed by atoms with Gasteiger partial charge in [-0.1, -0.05) is 84.3 Å². The molecule has 0 radical (unpaired) electrons. The number of phenols is 2. The van der Waals surface area contributed by atoms with Gasteiger partial charge in [0.25, 0.3) is 0 Å². The predicted molar refractivity (Wildman–Crippen MR) is 141 cm³/mol. The molecule has 0 aliphatic heterocycles. The molecule has 1 rings (SSSR count). The van der Waals surface area contributed by atoms with Crippen LogP contribution in [0.5, 0.6) is 11.5 Å². The van der Waals surface area contributed by atoms with Crippen LogP contribution >= 0.6 is 0 Å². The van der Waals surface area contributed by atoms with E-state index in [2.05, 4.69) is 34.6 Å². The maximum atomic E-state index is 12.7. The van der Waals surface area contributed by atoms with Crippen molar-refractivity contribution < 1.29 is 15.0 Å². The van der Waals surface area contributed by atoms with Crippen LogP contribution in [0.3, 0.4) is 0 Å². The summed E-state index contributed by atoms with van der Waals surface area (Å²) in [6, 6.07) is 0. The number of aromatic hydroxyl groups is 2. The quantitative estimate of drug-likeness (QED) is 0.157. The van der Waals surface area contributed by atoms with Crippen molar-refractivity contribution in [3.8, 4) is 11.5 Å². The highest BCUT2D eigenvalue weighted by Crippen LogP contribution is 2.37. The molecule has 0 amide bonds. The standard InChI is InChI=1S/C30H50O3/c1-20(2)12-9-13-21(3)14-10-15-22(4)16-11-17-23(5)18-19-27(31)28-26(8)29(32)24(6)25(7)30(28)33/h18,20-22,32-33H,9-17,19H2,1-8H3/b23-18+. The van der Waals surface area contributed by atoms with E-state index >= 15 is 0 Å². The van der Waals surface area contributed by atoms with Crippen molar-refractivity contribution in [3.63, 3.8) is 0 Å². The van der Waals surface area contributed by atoms with Crippen LogP contribution in [0, 0.1) is 38.5 Å². The lowest BCUT2D eigenvalue weighted by Gasteiger charge is -2.15. The molecular weight excluding hydrogens is 408 g/mol. The number of hydrogen-bond acceptors (Lipinski definition) is 3. The summed E-state index contributed by atoms with van der Waals surface area (Å²) in [6.07, 6.45) is 13.7. The van der Waals surface area contributed by atoms with Crippen LogP contribution in [0.4, 0.5) is 0 Å². The van der Waals surface area contributed by atoms with E-state index in [1.54, 1.807) is 20.8 Å². The molecule has 2 unspecified atom stereocenters. The second kappa shape index (κ2) is 14.5. The van der Waals surface area contributed by atoms with Gasteiger partial charge in [-0.25, -0.2) is 0 Å². The molecule has 0 saturated heterocycles. The van der Waals surface area contributed by atoms with Gasteiger partial charge in [-0.05, 0) is 69.4 Å². The zero-order valence-corrected chi connectivity index (χ0v) is 22.7. The summed E-state index contributed by atoms with van der Waals surface area (Å²) >= 11 is 0. The Morgan fingerprint density at radius 2 is 1.24 bits per heavy atom. The lowest BCUT2D eigenvalue weighted by atomic mass is 9.91. The summed E-state index contributed by atoms with van der Waals surface area (Å²) in [5, 5.41) is 20.7. The zero-order valence-electron chi connectivity index (χ0n) is 22.7. The molecule has 2 N–H and O–H groups in total. The van der Waals surface area contributed by atoms with Crippen LogP contribution < -0.4 is 0 Å². The average Bonchev–Trinajstić information content (AvgIpc) is 2.74. The lowest BCUT2D eigenvalue weighted by molar-refractivity contribution is 0.0991. The van der Waals surface area contributed by atoms with Crippen LogP contribution in [-0.4, -0.2) is 16.0 Å². The zero-order chi connectivity index (χ0) is 25.1. The van der Waals surface area contributed by atoms with Crippen molar-refractivity contribution in [2.24, 2.45) is 17.8 Å². The van der Waals surface area contributed by atoms with E-state index in [0.29, 0.717) is 16.7 Å². The number of hydrogen-bond donors (Lipinski definition) is 2. The number of ketones is 1. The van der Waals surface area contributed by atoms with Gasteiger partial charge in [0.2, 0.25) is 0 Å². The number of allylic oxidation sites excluding steroid dienone is 2. The third-order valence-electron chi connectivity index (χ3n) is 7.29. The summed E-state index contributed by atoms with van der Waals surface area (Å²) in [5.41, 5.74) is 3.14. The van der Waals surface area contributed by atoms with Crippen LogP contribution in [0.15, 0.2) is 11.6 Å². The first-order valence-electron chi connectivity index (χ1n) is 13.2. The van der Waals surface area contributed by atoms with Crippen molar-refractivity contribution in [1.29, 1.82) is 0 Å². The van der Waals surface area contributed by atoms with E-state index in [4.69, 9.17) is 0 Å². The van der Waals surface area contributed by atoms with E-state index in [1.165, 1.54) is 50.5 Å². The minimum atomic E-state index is -0.140. The molecule has 1 aromatic carbocycles. The third-order valence-corrected chi connectivity index (χ3v) is 7.29. The maximum absolute atomic E-state index is 12.7. The van der Waals surface area contributed by atoms with Crippen LogP contribution in [0.25, 0.3) is 0 Å². The van der Waals surface area contributed by atoms with E-state index in [0.717, 1.165) is 30.6 Å². The highest BCUT2D eigenvalue weighted by Gasteiger charge is 2.21. The van der Waals surface area contributed by atoms with Gasteiger partial charge in [0, 0.05) is 12.0 Å². The summed E-state index contributed by atoms with van der Waals surface area (Å²) in [4.78, 5) is 12.7. The first kappa shape index (κ1) is 29.3. The molecule has 0 bridgehead atoms. The van der Waals surface area contributed by atoms with Gasteiger partial charge in [0.15, 0.2) is 5.78 Å². The fourth-order valence-corrected chi connectivity index (χ4v) is 4.64. The summed E-state index contributed by atoms with van der Waals surface area (Å²) in [5.74, 6) is 2.39. The third kappa shape index (κ3) is 9.94. The molecule has 2 atom stereocenters. The average molecular weight is 459 g/mol. The monoisotopic (exact) mass is 458 g/mol. The summed E-state index contributed by atoms with van der Waals surface area (Å²) in [7, 11) is 0. The topological polar surface area (TPSA) is 57.5 Å². The van der Waals surface area contributed by atoms with Gasteiger partial charge < -0.3 is 10.2 Å². The number of carbonyl (C=O) groups excluding carboxylic acids is 1. The Hall–Kier alpha value is -1.77. The fourth-order valence-electron chi connectivity index (χ4n) is 4.64. The summed E-state index contributed by atoms with van der Waals surface area (Å²) < 4.78 is 0. The first-order chi connectivity index (χ1) is 15.5.